The van der Waals surface area contributed by atoms with Gasteiger partial charge in [-0.15, -0.1) is 0 Å². The molecule has 0 amide bonds. The highest BCUT2D eigenvalue weighted by Gasteiger charge is 2.38. The van der Waals surface area contributed by atoms with Gasteiger partial charge in [-0.2, -0.15) is 0 Å². The van der Waals surface area contributed by atoms with Gasteiger partial charge in [-0.1, -0.05) is 19.9 Å². The third kappa shape index (κ3) is 1.71. The van der Waals surface area contributed by atoms with E-state index >= 15 is 0 Å². The highest BCUT2D eigenvalue weighted by atomic mass is 16.4. The second kappa shape index (κ2) is 3.91. The zero-order valence-electron chi connectivity index (χ0n) is 10.2. The maximum absolute atomic E-state index is 11.5. The normalized spacial score (nSPS) is 15.1. The first kappa shape index (κ1) is 11.7. The van der Waals surface area contributed by atoms with Gasteiger partial charge in [0.15, 0.2) is 0 Å². The van der Waals surface area contributed by atoms with Crippen LogP contribution in [-0.4, -0.2) is 11.1 Å². The monoisotopic (exact) mass is 232 g/mol. The van der Waals surface area contributed by atoms with Crippen LogP contribution in [0.5, 0.6) is 0 Å². The van der Waals surface area contributed by atoms with Gasteiger partial charge in [0.05, 0.1) is 11.7 Å². The Morgan fingerprint density at radius 3 is 2.65 bits per heavy atom. The van der Waals surface area contributed by atoms with Crippen LogP contribution in [0.4, 0.5) is 0 Å². The van der Waals surface area contributed by atoms with E-state index in [2.05, 4.69) is 0 Å². The van der Waals surface area contributed by atoms with Gasteiger partial charge < -0.3 is 9.52 Å². The molecule has 1 aromatic heterocycles. The number of rotatable bonds is 3. The minimum atomic E-state index is -0.870. The summed E-state index contributed by atoms with van der Waals surface area (Å²) in [6.07, 6.45) is 1.61. The summed E-state index contributed by atoms with van der Waals surface area (Å²) in [5, 5.41) is 10.4. The number of hydrogen-bond acceptors (Lipinski definition) is 2. The molecule has 0 radical (unpaired) electrons. The van der Waals surface area contributed by atoms with Crippen molar-refractivity contribution >= 4 is 16.9 Å². The van der Waals surface area contributed by atoms with Crippen molar-refractivity contribution in [2.45, 2.75) is 26.2 Å². The van der Waals surface area contributed by atoms with Gasteiger partial charge >= 0.3 is 5.97 Å². The van der Waals surface area contributed by atoms with E-state index in [4.69, 9.17) is 4.42 Å². The quantitative estimate of drug-likeness (QED) is 0.882. The van der Waals surface area contributed by atoms with Crippen LogP contribution in [0.2, 0.25) is 0 Å². The lowest BCUT2D eigenvalue weighted by atomic mass is 9.73. The Hall–Kier alpha value is -1.77. The van der Waals surface area contributed by atoms with Crippen LogP contribution in [0.3, 0.4) is 0 Å². The minimum absolute atomic E-state index is 0.0179. The average Bonchev–Trinajstić information content (AvgIpc) is 2.73. The Morgan fingerprint density at radius 2 is 2.06 bits per heavy atom. The van der Waals surface area contributed by atoms with E-state index in [9.17, 15) is 9.90 Å². The first-order valence-electron chi connectivity index (χ1n) is 5.67. The number of carbonyl (C=O) groups is 1. The molecule has 1 N–H and O–H groups in total. The van der Waals surface area contributed by atoms with Gasteiger partial charge in [0.25, 0.3) is 0 Å². The van der Waals surface area contributed by atoms with E-state index in [-0.39, 0.29) is 5.92 Å². The van der Waals surface area contributed by atoms with E-state index in [0.717, 1.165) is 16.5 Å². The van der Waals surface area contributed by atoms with Gasteiger partial charge in [0.1, 0.15) is 5.58 Å². The molecule has 3 nitrogen and oxygen atoms in total. The largest absolute Gasteiger partial charge is 0.481 e. The minimum Gasteiger partial charge on any atom is -0.481 e. The van der Waals surface area contributed by atoms with Crippen molar-refractivity contribution in [1.82, 2.24) is 0 Å². The summed E-state index contributed by atoms with van der Waals surface area (Å²) < 4.78 is 5.26. The molecule has 0 aliphatic rings. The molecule has 1 aromatic carbocycles. The first-order valence-corrected chi connectivity index (χ1v) is 5.67. The molecule has 0 saturated carbocycles. The predicted molar refractivity (Wildman–Crippen MR) is 66.0 cm³/mol. The van der Waals surface area contributed by atoms with Gasteiger partial charge in [0, 0.05) is 5.39 Å². The van der Waals surface area contributed by atoms with Crippen LogP contribution < -0.4 is 0 Å². The lowest BCUT2D eigenvalue weighted by molar-refractivity contribution is -0.145. The number of hydrogen-bond donors (Lipinski definition) is 1. The van der Waals surface area contributed by atoms with Crippen molar-refractivity contribution < 1.29 is 14.3 Å². The van der Waals surface area contributed by atoms with E-state index in [1.807, 2.05) is 38.1 Å². The summed E-state index contributed by atoms with van der Waals surface area (Å²) in [5.41, 5.74) is 0.727. The third-order valence-corrected chi connectivity index (χ3v) is 3.65. The fourth-order valence-corrected chi connectivity index (χ4v) is 1.99. The molecule has 3 heteroatoms. The molecular weight excluding hydrogens is 216 g/mol. The van der Waals surface area contributed by atoms with Gasteiger partial charge in [0.2, 0.25) is 0 Å². The number of benzene rings is 1. The molecule has 1 atom stereocenters. The molecule has 2 rings (SSSR count). The Labute approximate surface area is 100 Å². The van der Waals surface area contributed by atoms with Crippen molar-refractivity contribution in [2.75, 3.05) is 0 Å². The second-order valence-electron chi connectivity index (χ2n) is 4.84. The highest BCUT2D eigenvalue weighted by Crippen LogP contribution is 2.34. The number of carboxylic acids is 1. The van der Waals surface area contributed by atoms with Crippen molar-refractivity contribution in [3.8, 4) is 0 Å². The van der Waals surface area contributed by atoms with Crippen LogP contribution >= 0.6 is 0 Å². The Balaban J connectivity index is 2.60. The number of furan rings is 1. The highest BCUT2D eigenvalue weighted by molar-refractivity contribution is 5.85. The summed E-state index contributed by atoms with van der Waals surface area (Å²) in [6, 6.07) is 7.41. The van der Waals surface area contributed by atoms with Crippen molar-refractivity contribution in [3.05, 3.63) is 36.1 Å². The van der Waals surface area contributed by atoms with Gasteiger partial charge in [-0.25, -0.2) is 0 Å². The Kier molecular flexibility index (Phi) is 2.69. The van der Waals surface area contributed by atoms with Gasteiger partial charge in [-0.3, -0.25) is 4.79 Å². The van der Waals surface area contributed by atoms with Crippen LogP contribution in [0.1, 0.15) is 26.3 Å². The Morgan fingerprint density at radius 1 is 1.35 bits per heavy atom. The molecule has 0 aliphatic carbocycles. The van der Waals surface area contributed by atoms with Crippen LogP contribution in [0.25, 0.3) is 11.0 Å². The maximum Gasteiger partial charge on any atom is 0.314 e. The molecule has 17 heavy (non-hydrogen) atoms. The molecule has 0 fully saturated rings. The SMILES string of the molecule is CC(C)C(C)(C(=O)O)c1ccc2occc2c1. The summed E-state index contributed by atoms with van der Waals surface area (Å²) in [5.74, 6) is -0.778. The molecule has 0 saturated heterocycles. The molecule has 1 heterocycles. The summed E-state index contributed by atoms with van der Waals surface area (Å²) in [7, 11) is 0. The standard InChI is InChI=1S/C14H16O3/c1-9(2)14(3,13(15)16)11-4-5-12-10(8-11)6-7-17-12/h4-9H,1-3H3,(H,15,16). The number of fused-ring (bicyclic) bond motifs is 1. The van der Waals surface area contributed by atoms with E-state index < -0.39 is 11.4 Å². The van der Waals surface area contributed by atoms with Crippen molar-refractivity contribution in [3.63, 3.8) is 0 Å². The average molecular weight is 232 g/mol. The fourth-order valence-electron chi connectivity index (χ4n) is 1.99. The van der Waals surface area contributed by atoms with Crippen LogP contribution in [0.15, 0.2) is 34.9 Å². The van der Waals surface area contributed by atoms with Crippen LogP contribution in [0, 0.1) is 5.92 Å². The summed E-state index contributed by atoms with van der Waals surface area (Å²) in [6.45, 7) is 5.61. The van der Waals surface area contributed by atoms with E-state index in [1.54, 1.807) is 13.2 Å². The molecule has 1 unspecified atom stereocenters. The van der Waals surface area contributed by atoms with Crippen molar-refractivity contribution in [2.24, 2.45) is 5.92 Å². The molecular formula is C14H16O3. The second-order valence-corrected chi connectivity index (χ2v) is 4.84. The maximum atomic E-state index is 11.5. The fraction of sp³-hybridized carbons (Fsp3) is 0.357. The smallest absolute Gasteiger partial charge is 0.314 e. The summed E-state index contributed by atoms with van der Waals surface area (Å²) in [4.78, 5) is 11.5. The van der Waals surface area contributed by atoms with Crippen LogP contribution in [-0.2, 0) is 10.2 Å². The molecule has 2 aromatic rings. The zero-order valence-corrected chi connectivity index (χ0v) is 10.2. The lowest BCUT2D eigenvalue weighted by Crippen LogP contribution is -2.37. The van der Waals surface area contributed by atoms with Gasteiger partial charge in [-0.05, 0) is 36.6 Å². The number of carboxylic acid groups (broad SMARTS) is 1. The predicted octanol–water partition coefficient (Wildman–Crippen LogP) is 3.43. The number of aliphatic carboxylic acids is 1. The molecule has 90 valence electrons. The topological polar surface area (TPSA) is 50.4 Å². The molecule has 0 bridgehead atoms. The zero-order chi connectivity index (χ0) is 12.6. The molecule has 0 aliphatic heterocycles. The van der Waals surface area contributed by atoms with E-state index in [1.165, 1.54) is 0 Å². The lowest BCUT2D eigenvalue weighted by Gasteiger charge is -2.29. The first-order chi connectivity index (χ1) is 7.96. The summed E-state index contributed by atoms with van der Waals surface area (Å²) >= 11 is 0. The molecule has 0 spiro atoms. The van der Waals surface area contributed by atoms with Crippen molar-refractivity contribution in [1.29, 1.82) is 0 Å². The van der Waals surface area contributed by atoms with E-state index in [0.29, 0.717) is 0 Å². The Bertz CT molecular complexity index is 553. The third-order valence-electron chi connectivity index (χ3n) is 3.65.